The maximum atomic E-state index is 11.5. The number of aliphatic hydroxyl groups excluding tert-OH is 1. The third-order valence-corrected chi connectivity index (χ3v) is 2.51. The van der Waals surface area contributed by atoms with Crippen LogP contribution in [0.2, 0.25) is 5.02 Å². The predicted octanol–water partition coefficient (Wildman–Crippen LogP) is 1.37. The van der Waals surface area contributed by atoms with Gasteiger partial charge in [0.2, 0.25) is 0 Å². The van der Waals surface area contributed by atoms with Gasteiger partial charge in [-0.3, -0.25) is 4.57 Å². The second-order valence-electron chi connectivity index (χ2n) is 3.32. The molecule has 15 heavy (non-hydrogen) atoms. The fourth-order valence-electron chi connectivity index (χ4n) is 1.59. The Balaban J connectivity index is 2.53. The molecule has 0 spiro atoms. The monoisotopic (exact) mass is 226 g/mol. The molecule has 0 radical (unpaired) electrons. The Bertz CT molecular complexity index is 530. The Morgan fingerprint density at radius 2 is 2.27 bits per heavy atom. The number of halogens is 1. The number of aliphatic hydroxyl groups is 1. The number of nitrogens with one attached hydrogen (secondary N) is 1. The molecule has 0 bridgehead atoms. The first-order valence-corrected chi connectivity index (χ1v) is 5.09. The van der Waals surface area contributed by atoms with E-state index >= 15 is 0 Å². The number of benzene rings is 1. The van der Waals surface area contributed by atoms with Crippen LogP contribution >= 0.6 is 11.6 Å². The van der Waals surface area contributed by atoms with Crippen LogP contribution in [0.25, 0.3) is 11.0 Å². The summed E-state index contributed by atoms with van der Waals surface area (Å²) in [7, 11) is 0. The lowest BCUT2D eigenvalue weighted by molar-refractivity contribution is 0.280. The summed E-state index contributed by atoms with van der Waals surface area (Å²) in [5.74, 6) is 0. The number of hydrogen-bond donors (Lipinski definition) is 2. The van der Waals surface area contributed by atoms with Crippen molar-refractivity contribution >= 4 is 22.6 Å². The second kappa shape index (κ2) is 4.08. The molecule has 0 amide bonds. The van der Waals surface area contributed by atoms with Gasteiger partial charge in [-0.05, 0) is 24.6 Å². The zero-order valence-electron chi connectivity index (χ0n) is 8.03. The molecule has 0 aliphatic heterocycles. The first kappa shape index (κ1) is 10.3. The minimum absolute atomic E-state index is 0.0761. The third-order valence-electron chi connectivity index (χ3n) is 2.28. The Morgan fingerprint density at radius 1 is 1.47 bits per heavy atom. The van der Waals surface area contributed by atoms with E-state index in [0.29, 0.717) is 18.0 Å². The Morgan fingerprint density at radius 3 is 3.00 bits per heavy atom. The number of fused-ring (bicyclic) bond motifs is 1. The summed E-state index contributed by atoms with van der Waals surface area (Å²) < 4.78 is 1.60. The van der Waals surface area contributed by atoms with Crippen LogP contribution in [0.1, 0.15) is 6.42 Å². The normalized spacial score (nSPS) is 11.1. The summed E-state index contributed by atoms with van der Waals surface area (Å²) in [5.41, 5.74) is 1.38. The standard InChI is InChI=1S/C10H11ClN2O2/c11-7-2-3-9-8(6-7)12-10(15)13(9)4-1-5-14/h2-3,6,14H,1,4-5H2,(H,12,15). The van der Waals surface area contributed by atoms with Crippen molar-refractivity contribution in [2.24, 2.45) is 0 Å². The van der Waals surface area contributed by atoms with E-state index in [1.54, 1.807) is 22.8 Å². The summed E-state index contributed by atoms with van der Waals surface area (Å²) in [4.78, 5) is 14.3. The first-order valence-electron chi connectivity index (χ1n) is 4.71. The lowest BCUT2D eigenvalue weighted by Gasteiger charge is -2.00. The lowest BCUT2D eigenvalue weighted by atomic mass is 10.3. The maximum absolute atomic E-state index is 11.5. The summed E-state index contributed by atoms with van der Waals surface area (Å²) >= 11 is 5.81. The van der Waals surface area contributed by atoms with Crippen molar-refractivity contribution in [1.29, 1.82) is 0 Å². The van der Waals surface area contributed by atoms with Crippen LogP contribution in [0.15, 0.2) is 23.0 Å². The molecular weight excluding hydrogens is 216 g/mol. The molecule has 2 aromatic rings. The van der Waals surface area contributed by atoms with Gasteiger partial charge in [0, 0.05) is 18.2 Å². The smallest absolute Gasteiger partial charge is 0.326 e. The SMILES string of the molecule is O=c1[nH]c2cc(Cl)ccc2n1CCCO. The fraction of sp³-hybridized carbons (Fsp3) is 0.300. The van der Waals surface area contributed by atoms with Crippen molar-refractivity contribution in [3.05, 3.63) is 33.7 Å². The van der Waals surface area contributed by atoms with Crippen molar-refractivity contribution < 1.29 is 5.11 Å². The van der Waals surface area contributed by atoms with Crippen LogP contribution in [0.4, 0.5) is 0 Å². The van der Waals surface area contributed by atoms with E-state index < -0.39 is 0 Å². The number of H-pyrrole nitrogens is 1. The topological polar surface area (TPSA) is 58.0 Å². The number of imidazole rings is 1. The number of nitrogens with zero attached hydrogens (tertiary/aromatic N) is 1. The quantitative estimate of drug-likeness (QED) is 0.831. The van der Waals surface area contributed by atoms with Crippen molar-refractivity contribution in [2.45, 2.75) is 13.0 Å². The molecule has 1 aromatic carbocycles. The molecule has 0 atom stereocenters. The molecule has 0 fully saturated rings. The minimum Gasteiger partial charge on any atom is -0.396 e. The summed E-state index contributed by atoms with van der Waals surface area (Å²) in [6, 6.07) is 5.26. The van der Waals surface area contributed by atoms with E-state index in [1.807, 2.05) is 0 Å². The van der Waals surface area contributed by atoms with Gasteiger partial charge < -0.3 is 10.1 Å². The largest absolute Gasteiger partial charge is 0.396 e. The molecule has 0 aliphatic carbocycles. The van der Waals surface area contributed by atoms with Crippen molar-refractivity contribution in [3.63, 3.8) is 0 Å². The summed E-state index contributed by atoms with van der Waals surface area (Å²) in [5, 5.41) is 9.32. The van der Waals surface area contributed by atoms with Crippen molar-refractivity contribution in [1.82, 2.24) is 9.55 Å². The average molecular weight is 227 g/mol. The fourth-order valence-corrected chi connectivity index (χ4v) is 1.76. The van der Waals surface area contributed by atoms with Gasteiger partial charge in [-0.25, -0.2) is 4.79 Å². The maximum Gasteiger partial charge on any atom is 0.326 e. The number of hydrogen-bond acceptors (Lipinski definition) is 2. The Kier molecular flexibility index (Phi) is 2.79. The van der Waals surface area contributed by atoms with E-state index in [9.17, 15) is 4.79 Å². The number of aromatic amines is 1. The highest BCUT2D eigenvalue weighted by Crippen LogP contribution is 2.16. The van der Waals surface area contributed by atoms with E-state index in [2.05, 4.69) is 4.98 Å². The minimum atomic E-state index is -0.166. The molecule has 0 saturated carbocycles. The number of aromatic nitrogens is 2. The van der Waals surface area contributed by atoms with Crippen LogP contribution in [-0.2, 0) is 6.54 Å². The Hall–Kier alpha value is -1.26. The second-order valence-corrected chi connectivity index (χ2v) is 3.76. The van der Waals surface area contributed by atoms with Gasteiger partial charge in [0.25, 0.3) is 0 Å². The Labute approximate surface area is 91.1 Å². The van der Waals surface area contributed by atoms with Gasteiger partial charge in [0.1, 0.15) is 0 Å². The molecule has 80 valence electrons. The van der Waals surface area contributed by atoms with E-state index in [4.69, 9.17) is 16.7 Å². The molecule has 0 saturated heterocycles. The molecule has 2 rings (SSSR count). The zero-order chi connectivity index (χ0) is 10.8. The number of aryl methyl sites for hydroxylation is 1. The highest BCUT2D eigenvalue weighted by atomic mass is 35.5. The lowest BCUT2D eigenvalue weighted by Crippen LogP contribution is -2.17. The van der Waals surface area contributed by atoms with Crippen LogP contribution in [0, 0.1) is 0 Å². The molecule has 2 N–H and O–H groups in total. The average Bonchev–Trinajstić information content (AvgIpc) is 2.50. The zero-order valence-corrected chi connectivity index (χ0v) is 8.79. The van der Waals surface area contributed by atoms with Gasteiger partial charge in [-0.15, -0.1) is 0 Å². The van der Waals surface area contributed by atoms with Gasteiger partial charge in [0.05, 0.1) is 11.0 Å². The third kappa shape index (κ3) is 1.91. The van der Waals surface area contributed by atoms with Crippen LogP contribution in [0.5, 0.6) is 0 Å². The molecule has 5 heteroatoms. The summed E-state index contributed by atoms with van der Waals surface area (Å²) in [6.07, 6.45) is 0.565. The van der Waals surface area contributed by atoms with Gasteiger partial charge in [-0.2, -0.15) is 0 Å². The van der Waals surface area contributed by atoms with E-state index in [0.717, 1.165) is 11.0 Å². The highest BCUT2D eigenvalue weighted by Gasteiger charge is 2.05. The molecule has 0 unspecified atom stereocenters. The van der Waals surface area contributed by atoms with Crippen molar-refractivity contribution in [2.75, 3.05) is 6.61 Å². The van der Waals surface area contributed by atoms with E-state index in [1.165, 1.54) is 0 Å². The van der Waals surface area contributed by atoms with Crippen LogP contribution < -0.4 is 5.69 Å². The molecule has 4 nitrogen and oxygen atoms in total. The highest BCUT2D eigenvalue weighted by molar-refractivity contribution is 6.31. The molecule has 1 aromatic heterocycles. The summed E-state index contributed by atoms with van der Waals surface area (Å²) in [6.45, 7) is 0.587. The molecular formula is C10H11ClN2O2. The molecule has 1 heterocycles. The first-order chi connectivity index (χ1) is 7.22. The van der Waals surface area contributed by atoms with Crippen molar-refractivity contribution in [3.8, 4) is 0 Å². The van der Waals surface area contributed by atoms with Gasteiger partial charge in [0.15, 0.2) is 0 Å². The van der Waals surface area contributed by atoms with Gasteiger partial charge >= 0.3 is 5.69 Å². The predicted molar refractivity (Wildman–Crippen MR) is 59.3 cm³/mol. The number of rotatable bonds is 3. The van der Waals surface area contributed by atoms with Crippen LogP contribution in [-0.4, -0.2) is 21.3 Å². The van der Waals surface area contributed by atoms with E-state index in [-0.39, 0.29) is 12.3 Å². The van der Waals surface area contributed by atoms with Crippen LogP contribution in [0.3, 0.4) is 0 Å². The van der Waals surface area contributed by atoms with Gasteiger partial charge in [-0.1, -0.05) is 11.6 Å². The molecule has 0 aliphatic rings.